The molecular formula is C15H24FN3O3S. The van der Waals surface area contributed by atoms with Gasteiger partial charge in [-0.25, -0.2) is 8.70 Å². The van der Waals surface area contributed by atoms with Crippen molar-refractivity contribution in [3.8, 4) is 0 Å². The quantitative estimate of drug-likeness (QED) is 0.693. The lowest BCUT2D eigenvalue weighted by atomic mass is 10.2. The predicted molar refractivity (Wildman–Crippen MR) is 88.9 cm³/mol. The van der Waals surface area contributed by atoms with Crippen LogP contribution < -0.4 is 9.62 Å². The normalized spacial score (nSPS) is 11.5. The van der Waals surface area contributed by atoms with E-state index in [0.717, 1.165) is 33.9 Å². The minimum atomic E-state index is -3.98. The van der Waals surface area contributed by atoms with Crippen molar-refractivity contribution in [3.05, 3.63) is 30.1 Å². The Balaban J connectivity index is 2.94. The molecular weight excluding hydrogens is 321 g/mol. The maximum atomic E-state index is 14.0. The highest BCUT2D eigenvalue weighted by molar-refractivity contribution is 7.90. The number of benzene rings is 1. The van der Waals surface area contributed by atoms with Crippen molar-refractivity contribution >= 4 is 21.8 Å². The molecule has 0 atom stereocenters. The molecule has 0 aliphatic heterocycles. The van der Waals surface area contributed by atoms with Crippen molar-refractivity contribution in [2.45, 2.75) is 26.2 Å². The number of amides is 1. The molecule has 0 spiro atoms. The molecule has 0 aliphatic carbocycles. The van der Waals surface area contributed by atoms with Crippen LogP contribution in [-0.4, -0.2) is 45.8 Å². The summed E-state index contributed by atoms with van der Waals surface area (Å²) in [5.41, 5.74) is -0.148. The summed E-state index contributed by atoms with van der Waals surface area (Å²) in [6, 6.07) is 5.48. The molecule has 1 rings (SSSR count). The average molecular weight is 345 g/mol. The Morgan fingerprint density at radius 1 is 1.22 bits per heavy atom. The number of carbonyl (C=O) groups is 1. The topological polar surface area (TPSA) is 69.7 Å². The van der Waals surface area contributed by atoms with E-state index in [1.165, 1.54) is 32.3 Å². The van der Waals surface area contributed by atoms with Gasteiger partial charge < -0.3 is 5.32 Å². The second-order valence-electron chi connectivity index (χ2n) is 5.31. The van der Waals surface area contributed by atoms with Crippen LogP contribution in [0.2, 0.25) is 0 Å². The molecule has 1 aromatic rings. The van der Waals surface area contributed by atoms with Gasteiger partial charge in [-0.3, -0.25) is 4.79 Å². The number of hydrogen-bond donors (Lipinski definition) is 1. The fraction of sp³-hybridized carbons (Fsp3) is 0.533. The van der Waals surface area contributed by atoms with E-state index in [1.54, 1.807) is 0 Å². The lowest BCUT2D eigenvalue weighted by Crippen LogP contribution is -2.46. The van der Waals surface area contributed by atoms with Crippen LogP contribution in [0.4, 0.5) is 10.1 Å². The molecule has 6 nitrogen and oxygen atoms in total. The monoisotopic (exact) mass is 345 g/mol. The van der Waals surface area contributed by atoms with E-state index < -0.39 is 28.5 Å². The lowest BCUT2D eigenvalue weighted by Gasteiger charge is -2.27. The van der Waals surface area contributed by atoms with Gasteiger partial charge in [0.15, 0.2) is 0 Å². The molecule has 0 saturated heterocycles. The number of anilines is 1. The van der Waals surface area contributed by atoms with Crippen LogP contribution in [0.15, 0.2) is 24.3 Å². The molecule has 1 N–H and O–H groups in total. The summed E-state index contributed by atoms with van der Waals surface area (Å²) in [6.07, 6.45) is 2.82. The first-order chi connectivity index (χ1) is 10.8. The molecule has 0 aromatic heterocycles. The zero-order valence-corrected chi connectivity index (χ0v) is 14.6. The third-order valence-corrected chi connectivity index (χ3v) is 5.06. The first kappa shape index (κ1) is 19.4. The summed E-state index contributed by atoms with van der Waals surface area (Å²) in [6.45, 7) is 2.05. The van der Waals surface area contributed by atoms with E-state index in [9.17, 15) is 17.6 Å². The van der Waals surface area contributed by atoms with Crippen LogP contribution in [-0.2, 0) is 15.0 Å². The minimum absolute atomic E-state index is 0.148. The van der Waals surface area contributed by atoms with Crippen molar-refractivity contribution in [2.24, 2.45) is 0 Å². The van der Waals surface area contributed by atoms with Crippen LogP contribution >= 0.6 is 0 Å². The molecule has 130 valence electrons. The van der Waals surface area contributed by atoms with E-state index >= 15 is 0 Å². The maximum Gasteiger partial charge on any atom is 0.304 e. The Bertz CT molecular complexity index is 620. The zero-order valence-electron chi connectivity index (χ0n) is 13.8. The molecule has 0 aliphatic rings. The number of halogens is 1. The summed E-state index contributed by atoms with van der Waals surface area (Å²) in [5.74, 6) is -1.16. The Hall–Kier alpha value is -1.67. The molecule has 0 fully saturated rings. The maximum absolute atomic E-state index is 14.0. The summed E-state index contributed by atoms with van der Waals surface area (Å²) < 4.78 is 40.5. The molecule has 23 heavy (non-hydrogen) atoms. The first-order valence-corrected chi connectivity index (χ1v) is 8.91. The summed E-state index contributed by atoms with van der Waals surface area (Å²) in [5, 5.41) is 2.66. The van der Waals surface area contributed by atoms with Gasteiger partial charge in [0.1, 0.15) is 12.4 Å². The fourth-order valence-corrected chi connectivity index (χ4v) is 3.00. The highest BCUT2D eigenvalue weighted by Crippen LogP contribution is 2.22. The highest BCUT2D eigenvalue weighted by atomic mass is 32.2. The number of nitrogens with one attached hydrogen (secondary N) is 1. The minimum Gasteiger partial charge on any atom is -0.355 e. The first-order valence-electron chi connectivity index (χ1n) is 7.52. The molecule has 0 radical (unpaired) electrons. The summed E-state index contributed by atoms with van der Waals surface area (Å²) in [7, 11) is -1.31. The van der Waals surface area contributed by atoms with Gasteiger partial charge >= 0.3 is 10.2 Å². The molecule has 0 bridgehead atoms. The Kier molecular flexibility index (Phi) is 7.44. The van der Waals surface area contributed by atoms with Gasteiger partial charge in [0.25, 0.3) is 0 Å². The lowest BCUT2D eigenvalue weighted by molar-refractivity contribution is -0.119. The third kappa shape index (κ3) is 5.47. The van der Waals surface area contributed by atoms with E-state index in [2.05, 4.69) is 5.32 Å². The van der Waals surface area contributed by atoms with Gasteiger partial charge in [-0.2, -0.15) is 12.7 Å². The number of para-hydroxylation sites is 1. The number of unbranched alkanes of at least 4 members (excludes halogenated alkanes) is 2. The van der Waals surface area contributed by atoms with E-state index in [4.69, 9.17) is 0 Å². The smallest absolute Gasteiger partial charge is 0.304 e. The zero-order chi connectivity index (χ0) is 17.5. The number of hydrogen-bond acceptors (Lipinski definition) is 3. The van der Waals surface area contributed by atoms with E-state index in [1.807, 2.05) is 6.92 Å². The predicted octanol–water partition coefficient (Wildman–Crippen LogP) is 1.74. The highest BCUT2D eigenvalue weighted by Gasteiger charge is 2.28. The van der Waals surface area contributed by atoms with Crippen LogP contribution in [0.5, 0.6) is 0 Å². The van der Waals surface area contributed by atoms with Crippen molar-refractivity contribution in [2.75, 3.05) is 31.5 Å². The fourth-order valence-electron chi connectivity index (χ4n) is 1.93. The van der Waals surface area contributed by atoms with Gasteiger partial charge in [-0.15, -0.1) is 0 Å². The van der Waals surface area contributed by atoms with Crippen molar-refractivity contribution in [1.82, 2.24) is 9.62 Å². The van der Waals surface area contributed by atoms with Crippen LogP contribution in [0, 0.1) is 5.82 Å². The Labute approximate surface area is 137 Å². The van der Waals surface area contributed by atoms with Gasteiger partial charge in [0.05, 0.1) is 5.69 Å². The second-order valence-corrected chi connectivity index (χ2v) is 7.37. The van der Waals surface area contributed by atoms with Gasteiger partial charge in [0, 0.05) is 20.6 Å². The SMILES string of the molecule is CCCCCNC(=O)CN(c1ccccc1F)S(=O)(=O)N(C)C. The van der Waals surface area contributed by atoms with Crippen molar-refractivity contribution in [3.63, 3.8) is 0 Å². The average Bonchev–Trinajstić information content (AvgIpc) is 2.50. The van der Waals surface area contributed by atoms with Crippen LogP contribution in [0.1, 0.15) is 26.2 Å². The number of nitrogens with zero attached hydrogens (tertiary/aromatic N) is 2. The summed E-state index contributed by atoms with van der Waals surface area (Å²) >= 11 is 0. The Morgan fingerprint density at radius 2 is 1.87 bits per heavy atom. The van der Waals surface area contributed by atoms with Crippen LogP contribution in [0.3, 0.4) is 0 Å². The second kappa shape index (κ2) is 8.83. The Morgan fingerprint density at radius 3 is 2.43 bits per heavy atom. The standard InChI is InChI=1S/C15H24FN3O3S/c1-4-5-8-11-17-15(20)12-19(23(21,22)18(2)3)14-10-7-6-9-13(14)16/h6-7,9-10H,4-5,8,11-12H2,1-3H3,(H,17,20). The number of carbonyl (C=O) groups excluding carboxylic acids is 1. The number of rotatable bonds is 9. The van der Waals surface area contributed by atoms with Gasteiger partial charge in [-0.05, 0) is 18.6 Å². The van der Waals surface area contributed by atoms with E-state index in [0.29, 0.717) is 6.54 Å². The van der Waals surface area contributed by atoms with E-state index in [-0.39, 0.29) is 5.69 Å². The molecule has 1 amide bonds. The van der Waals surface area contributed by atoms with Crippen molar-refractivity contribution < 1.29 is 17.6 Å². The van der Waals surface area contributed by atoms with Crippen LogP contribution in [0.25, 0.3) is 0 Å². The third-order valence-electron chi connectivity index (χ3n) is 3.25. The van der Waals surface area contributed by atoms with Gasteiger partial charge in [-0.1, -0.05) is 31.9 Å². The molecule has 0 saturated carbocycles. The molecule has 0 unspecified atom stereocenters. The molecule has 8 heteroatoms. The summed E-state index contributed by atoms with van der Waals surface area (Å²) in [4.78, 5) is 12.0. The largest absolute Gasteiger partial charge is 0.355 e. The van der Waals surface area contributed by atoms with Crippen molar-refractivity contribution in [1.29, 1.82) is 0 Å². The molecule has 0 heterocycles. The van der Waals surface area contributed by atoms with Gasteiger partial charge in [0.2, 0.25) is 5.91 Å². The molecule has 1 aromatic carbocycles.